The van der Waals surface area contributed by atoms with Crippen LogP contribution in [0, 0.1) is 0 Å². The molecule has 0 atom stereocenters. The molecule has 1 aromatic heterocycles. The zero-order chi connectivity index (χ0) is 13.6. The van der Waals surface area contributed by atoms with Crippen LogP contribution in [0.25, 0.3) is 0 Å². The topological polar surface area (TPSA) is 16.1 Å². The fourth-order valence-corrected chi connectivity index (χ4v) is 2.40. The highest BCUT2D eigenvalue weighted by Gasteiger charge is 2.27. The Hall–Kier alpha value is -0.890. The van der Waals surface area contributed by atoms with Crippen molar-refractivity contribution in [3.8, 4) is 0 Å². The molecule has 2 heteroatoms. The summed E-state index contributed by atoms with van der Waals surface area (Å²) in [5, 5.41) is 0. The van der Waals surface area contributed by atoms with Crippen molar-refractivity contribution in [2.24, 2.45) is 0 Å². The third-order valence-electron chi connectivity index (χ3n) is 3.78. The number of pyridine rings is 1. The first kappa shape index (κ1) is 13.5. The van der Waals surface area contributed by atoms with Crippen LogP contribution in [0.15, 0.2) is 12.1 Å². The van der Waals surface area contributed by atoms with Gasteiger partial charge in [-0.2, -0.15) is 0 Å². The van der Waals surface area contributed by atoms with Crippen LogP contribution in [0.4, 0.5) is 0 Å². The summed E-state index contributed by atoms with van der Waals surface area (Å²) < 4.78 is 0. The molecule has 100 valence electrons. The third kappa shape index (κ3) is 2.74. The van der Waals surface area contributed by atoms with Crippen LogP contribution in [0.3, 0.4) is 0 Å². The van der Waals surface area contributed by atoms with Crippen molar-refractivity contribution in [2.45, 2.75) is 65.5 Å². The number of nitrogens with zero attached hydrogens (tertiary/aromatic N) is 2. The minimum absolute atomic E-state index is 0.138. The van der Waals surface area contributed by atoms with Gasteiger partial charge in [0.2, 0.25) is 0 Å². The molecular weight excluding hydrogens is 220 g/mol. The Morgan fingerprint density at radius 1 is 1.06 bits per heavy atom. The molecule has 1 aliphatic heterocycles. The highest BCUT2D eigenvalue weighted by atomic mass is 15.2. The summed E-state index contributed by atoms with van der Waals surface area (Å²) in [6.45, 7) is 15.7. The van der Waals surface area contributed by atoms with Crippen LogP contribution in [0.5, 0.6) is 0 Å². The molecule has 2 nitrogen and oxygen atoms in total. The quantitative estimate of drug-likeness (QED) is 0.696. The number of hydrogen-bond donors (Lipinski definition) is 0. The van der Waals surface area contributed by atoms with Gasteiger partial charge in [-0.15, -0.1) is 0 Å². The number of rotatable bonds is 0. The van der Waals surface area contributed by atoms with Gasteiger partial charge in [0.1, 0.15) is 0 Å². The Morgan fingerprint density at radius 3 is 2.28 bits per heavy atom. The Bertz CT molecular complexity index is 435. The molecule has 0 radical (unpaired) electrons. The lowest BCUT2D eigenvalue weighted by molar-refractivity contribution is 0.118. The number of fused-ring (bicyclic) bond motifs is 1. The van der Waals surface area contributed by atoms with E-state index in [-0.39, 0.29) is 11.0 Å². The molecule has 0 aromatic carbocycles. The lowest BCUT2D eigenvalue weighted by Gasteiger charge is -2.39. The average molecular weight is 246 g/mol. The van der Waals surface area contributed by atoms with Gasteiger partial charge >= 0.3 is 0 Å². The van der Waals surface area contributed by atoms with Crippen molar-refractivity contribution >= 4 is 0 Å². The van der Waals surface area contributed by atoms with E-state index in [1.54, 1.807) is 0 Å². The molecule has 1 aliphatic rings. The van der Waals surface area contributed by atoms with Crippen molar-refractivity contribution in [3.63, 3.8) is 0 Å². The van der Waals surface area contributed by atoms with E-state index in [4.69, 9.17) is 4.98 Å². The van der Waals surface area contributed by atoms with E-state index >= 15 is 0 Å². The second kappa shape index (κ2) is 4.34. The molecule has 1 aromatic rings. The Labute approximate surface area is 111 Å². The van der Waals surface area contributed by atoms with Crippen molar-refractivity contribution in [2.75, 3.05) is 6.54 Å². The second-order valence-corrected chi connectivity index (χ2v) is 7.39. The highest BCUT2D eigenvalue weighted by molar-refractivity contribution is 5.28. The fraction of sp³-hybridized carbons (Fsp3) is 0.688. The average Bonchev–Trinajstić information content (AvgIpc) is 2.25. The smallest absolute Gasteiger partial charge is 0.0580 e. The van der Waals surface area contributed by atoms with Gasteiger partial charge in [0, 0.05) is 29.7 Å². The van der Waals surface area contributed by atoms with Gasteiger partial charge in [0.05, 0.1) is 5.69 Å². The molecule has 0 bridgehead atoms. The molecule has 2 rings (SSSR count). The van der Waals surface area contributed by atoms with Gasteiger partial charge in [0.25, 0.3) is 0 Å². The second-order valence-electron chi connectivity index (χ2n) is 7.39. The van der Waals surface area contributed by atoms with E-state index in [9.17, 15) is 0 Å². The van der Waals surface area contributed by atoms with E-state index in [1.165, 1.54) is 17.0 Å². The molecule has 0 fully saturated rings. The zero-order valence-corrected chi connectivity index (χ0v) is 12.7. The first-order chi connectivity index (χ1) is 8.18. The molecule has 0 unspecified atom stereocenters. The van der Waals surface area contributed by atoms with Gasteiger partial charge < -0.3 is 0 Å². The monoisotopic (exact) mass is 246 g/mol. The lowest BCUT2D eigenvalue weighted by Crippen LogP contribution is -2.44. The van der Waals surface area contributed by atoms with Crippen LogP contribution in [0.2, 0.25) is 0 Å². The van der Waals surface area contributed by atoms with Crippen molar-refractivity contribution < 1.29 is 0 Å². The van der Waals surface area contributed by atoms with Gasteiger partial charge in [-0.25, -0.2) is 0 Å². The van der Waals surface area contributed by atoms with Crippen molar-refractivity contribution in [3.05, 3.63) is 29.1 Å². The highest BCUT2D eigenvalue weighted by Crippen LogP contribution is 2.27. The SMILES string of the molecule is CC(C)(C)c1ccc2c(n1)CN(C(C)(C)C)CC2. The first-order valence-corrected chi connectivity index (χ1v) is 6.92. The van der Waals surface area contributed by atoms with Crippen molar-refractivity contribution in [1.82, 2.24) is 9.88 Å². The molecule has 18 heavy (non-hydrogen) atoms. The van der Waals surface area contributed by atoms with Gasteiger partial charge in [-0.1, -0.05) is 26.8 Å². The van der Waals surface area contributed by atoms with Gasteiger partial charge in [0.15, 0.2) is 0 Å². The van der Waals surface area contributed by atoms with Crippen LogP contribution in [-0.4, -0.2) is 22.0 Å². The van der Waals surface area contributed by atoms with Gasteiger partial charge in [-0.05, 0) is 38.8 Å². The minimum atomic E-state index is 0.138. The zero-order valence-electron chi connectivity index (χ0n) is 12.7. The minimum Gasteiger partial charge on any atom is -0.292 e. The molecule has 0 saturated heterocycles. The Balaban J connectivity index is 2.31. The summed E-state index contributed by atoms with van der Waals surface area (Å²) in [6.07, 6.45) is 1.13. The molecule has 0 aliphatic carbocycles. The van der Waals surface area contributed by atoms with Gasteiger partial charge in [-0.3, -0.25) is 9.88 Å². The summed E-state index contributed by atoms with van der Waals surface area (Å²) in [4.78, 5) is 7.43. The first-order valence-electron chi connectivity index (χ1n) is 6.92. The van der Waals surface area contributed by atoms with Crippen LogP contribution < -0.4 is 0 Å². The lowest BCUT2D eigenvalue weighted by atomic mass is 9.90. The maximum absolute atomic E-state index is 4.91. The van der Waals surface area contributed by atoms with Crippen LogP contribution >= 0.6 is 0 Å². The van der Waals surface area contributed by atoms with Crippen molar-refractivity contribution in [1.29, 1.82) is 0 Å². The van der Waals surface area contributed by atoms with Crippen LogP contribution in [-0.2, 0) is 18.4 Å². The maximum Gasteiger partial charge on any atom is 0.0580 e. The van der Waals surface area contributed by atoms with E-state index < -0.39 is 0 Å². The molecule has 2 heterocycles. The predicted molar refractivity (Wildman–Crippen MR) is 76.8 cm³/mol. The summed E-state index contributed by atoms with van der Waals surface area (Å²) in [5.41, 5.74) is 4.29. The molecule has 0 saturated carbocycles. The fourth-order valence-electron chi connectivity index (χ4n) is 2.40. The summed E-state index contributed by atoms with van der Waals surface area (Å²) in [6, 6.07) is 4.48. The van der Waals surface area contributed by atoms with Crippen LogP contribution in [0.1, 0.15) is 58.5 Å². The largest absolute Gasteiger partial charge is 0.292 e. The molecule has 0 N–H and O–H groups in total. The number of aromatic nitrogens is 1. The van der Waals surface area contributed by atoms with E-state index in [0.29, 0.717) is 0 Å². The molecule has 0 spiro atoms. The summed E-state index contributed by atoms with van der Waals surface area (Å²) in [7, 11) is 0. The predicted octanol–water partition coefficient (Wildman–Crippen LogP) is 3.54. The summed E-state index contributed by atoms with van der Waals surface area (Å²) in [5.74, 6) is 0. The van der Waals surface area contributed by atoms with E-state index in [2.05, 4.69) is 58.6 Å². The molecule has 0 amide bonds. The number of hydrogen-bond acceptors (Lipinski definition) is 2. The molecular formula is C16H26N2. The van der Waals surface area contributed by atoms with E-state index in [0.717, 1.165) is 19.5 Å². The Kier molecular flexibility index (Phi) is 3.26. The third-order valence-corrected chi connectivity index (χ3v) is 3.78. The summed E-state index contributed by atoms with van der Waals surface area (Å²) >= 11 is 0. The standard InChI is InChI=1S/C16H26N2/c1-15(2,3)14-8-7-12-9-10-18(16(4,5)6)11-13(12)17-14/h7-8H,9-11H2,1-6H3. The Morgan fingerprint density at radius 2 is 1.72 bits per heavy atom. The normalized spacial score (nSPS) is 17.7. The van der Waals surface area contributed by atoms with E-state index in [1.807, 2.05) is 0 Å². The maximum atomic E-state index is 4.91.